The third-order valence-electron chi connectivity index (χ3n) is 4.02. The summed E-state index contributed by atoms with van der Waals surface area (Å²) in [7, 11) is 1.60. The van der Waals surface area contributed by atoms with Gasteiger partial charge in [0, 0.05) is 30.9 Å². The zero-order valence-electron chi connectivity index (χ0n) is 13.4. The molecule has 3 heterocycles. The Kier molecular flexibility index (Phi) is 3.96. The molecular formula is C17H14BrN5O2. The normalized spacial score (nSPS) is 13.6. The number of ether oxygens (including phenoxy) is 1. The van der Waals surface area contributed by atoms with E-state index in [0.717, 1.165) is 22.2 Å². The van der Waals surface area contributed by atoms with Crippen molar-refractivity contribution in [3.8, 4) is 5.75 Å². The molecule has 126 valence electrons. The van der Waals surface area contributed by atoms with Crippen molar-refractivity contribution in [3.05, 3.63) is 52.3 Å². The lowest BCUT2D eigenvalue weighted by Gasteiger charge is -2.11. The number of methoxy groups -OCH3 is 1. The van der Waals surface area contributed by atoms with Crippen LogP contribution in [0.25, 0.3) is 10.9 Å². The van der Waals surface area contributed by atoms with Crippen LogP contribution in [-0.4, -0.2) is 34.1 Å². The number of anilines is 1. The van der Waals surface area contributed by atoms with Gasteiger partial charge in [0.2, 0.25) is 5.62 Å². The summed E-state index contributed by atoms with van der Waals surface area (Å²) in [5, 5.41) is 4.28. The van der Waals surface area contributed by atoms with Gasteiger partial charge in [0.1, 0.15) is 11.6 Å². The van der Waals surface area contributed by atoms with Gasteiger partial charge < -0.3 is 10.1 Å². The minimum Gasteiger partial charge on any atom is -0.495 e. The number of carbonyl (C=O) groups is 1. The molecule has 4 rings (SSSR count). The number of amides is 1. The van der Waals surface area contributed by atoms with Gasteiger partial charge in [-0.25, -0.2) is 4.98 Å². The number of nitrogens with zero attached hydrogens (tertiary/aromatic N) is 4. The fourth-order valence-electron chi connectivity index (χ4n) is 2.83. The number of halogens is 1. The molecule has 8 heteroatoms. The molecule has 0 spiro atoms. The maximum atomic E-state index is 12.4. The number of fused-ring (bicyclic) bond motifs is 3. The van der Waals surface area contributed by atoms with E-state index < -0.39 is 0 Å². The average molecular weight is 400 g/mol. The molecule has 0 atom stereocenters. The summed E-state index contributed by atoms with van der Waals surface area (Å²) in [6, 6.07) is 7.22. The van der Waals surface area contributed by atoms with Crippen molar-refractivity contribution in [2.45, 2.75) is 6.54 Å². The summed E-state index contributed by atoms with van der Waals surface area (Å²) in [4.78, 5) is 25.2. The standard InChI is InChI=1S/C17H14BrN5O2/c1-25-12-5-4-11-14(13(12)18)21-17(23-8-7-20-15(11)23)22-16(24)10-3-2-6-19-9-10/h2-6,9,20H,7-8H2,1H3. The predicted octanol–water partition coefficient (Wildman–Crippen LogP) is 2.37. The van der Waals surface area contributed by atoms with Crippen molar-refractivity contribution in [3.63, 3.8) is 0 Å². The molecule has 2 aromatic heterocycles. The highest BCUT2D eigenvalue weighted by Gasteiger charge is 2.19. The molecule has 1 amide bonds. The third-order valence-corrected chi connectivity index (χ3v) is 4.78. The SMILES string of the molecule is COc1ccc2c3n(c(=NC(=O)c4cccnc4)nc2c1Br)CCN3. The van der Waals surface area contributed by atoms with Gasteiger partial charge in [-0.05, 0) is 40.2 Å². The quantitative estimate of drug-likeness (QED) is 0.715. The van der Waals surface area contributed by atoms with Crippen LogP contribution in [0, 0.1) is 0 Å². The first-order chi connectivity index (χ1) is 12.2. The molecule has 1 aliphatic rings. The van der Waals surface area contributed by atoms with Crippen molar-refractivity contribution in [2.75, 3.05) is 19.0 Å². The van der Waals surface area contributed by atoms with Crippen molar-refractivity contribution in [2.24, 2.45) is 4.99 Å². The van der Waals surface area contributed by atoms with E-state index in [9.17, 15) is 4.79 Å². The molecular weight excluding hydrogens is 386 g/mol. The van der Waals surface area contributed by atoms with E-state index in [1.165, 1.54) is 6.20 Å². The Morgan fingerprint density at radius 3 is 3.04 bits per heavy atom. The van der Waals surface area contributed by atoms with Gasteiger partial charge in [-0.15, -0.1) is 0 Å². The lowest BCUT2D eigenvalue weighted by atomic mass is 10.2. The number of benzene rings is 1. The van der Waals surface area contributed by atoms with Crippen molar-refractivity contribution >= 4 is 38.6 Å². The molecule has 25 heavy (non-hydrogen) atoms. The van der Waals surface area contributed by atoms with Crippen LogP contribution in [-0.2, 0) is 6.54 Å². The van der Waals surface area contributed by atoms with E-state index in [1.807, 2.05) is 16.7 Å². The lowest BCUT2D eigenvalue weighted by Crippen LogP contribution is -2.25. The fraction of sp³-hybridized carbons (Fsp3) is 0.176. The van der Waals surface area contributed by atoms with E-state index in [2.05, 4.69) is 36.2 Å². The van der Waals surface area contributed by atoms with Gasteiger partial charge in [-0.3, -0.25) is 14.3 Å². The Hall–Kier alpha value is -2.74. The van der Waals surface area contributed by atoms with Crippen LogP contribution in [0.3, 0.4) is 0 Å². The van der Waals surface area contributed by atoms with Crippen LogP contribution >= 0.6 is 15.9 Å². The van der Waals surface area contributed by atoms with Crippen LogP contribution in [0.15, 0.2) is 46.1 Å². The monoisotopic (exact) mass is 399 g/mol. The van der Waals surface area contributed by atoms with E-state index >= 15 is 0 Å². The Morgan fingerprint density at radius 1 is 1.40 bits per heavy atom. The van der Waals surface area contributed by atoms with Crippen LogP contribution < -0.4 is 15.7 Å². The summed E-state index contributed by atoms with van der Waals surface area (Å²) >= 11 is 3.53. The molecule has 0 radical (unpaired) electrons. The highest BCUT2D eigenvalue weighted by molar-refractivity contribution is 9.10. The summed E-state index contributed by atoms with van der Waals surface area (Å²) in [5.74, 6) is 1.19. The summed E-state index contributed by atoms with van der Waals surface area (Å²) in [6.45, 7) is 1.45. The Labute approximate surface area is 151 Å². The van der Waals surface area contributed by atoms with Crippen molar-refractivity contribution in [1.29, 1.82) is 0 Å². The second-order valence-corrected chi connectivity index (χ2v) is 6.27. The number of hydrogen-bond donors (Lipinski definition) is 1. The van der Waals surface area contributed by atoms with Crippen LogP contribution in [0.2, 0.25) is 0 Å². The summed E-state index contributed by atoms with van der Waals surface area (Å²) < 4.78 is 7.99. The minimum atomic E-state index is -0.374. The first-order valence-electron chi connectivity index (χ1n) is 7.69. The molecule has 3 aromatic rings. The Bertz CT molecular complexity index is 1050. The molecule has 1 N–H and O–H groups in total. The molecule has 0 saturated heterocycles. The number of pyridine rings is 1. The van der Waals surface area contributed by atoms with E-state index in [-0.39, 0.29) is 5.91 Å². The predicted molar refractivity (Wildman–Crippen MR) is 96.6 cm³/mol. The van der Waals surface area contributed by atoms with Crippen LogP contribution in [0.1, 0.15) is 10.4 Å². The molecule has 0 aliphatic carbocycles. The maximum Gasteiger partial charge on any atom is 0.281 e. The highest BCUT2D eigenvalue weighted by atomic mass is 79.9. The lowest BCUT2D eigenvalue weighted by molar-refractivity contribution is 0.0996. The van der Waals surface area contributed by atoms with Gasteiger partial charge >= 0.3 is 0 Å². The second kappa shape index (κ2) is 6.29. The van der Waals surface area contributed by atoms with Crippen molar-refractivity contribution in [1.82, 2.24) is 14.5 Å². The second-order valence-electron chi connectivity index (χ2n) is 5.48. The van der Waals surface area contributed by atoms with Crippen LogP contribution in [0.4, 0.5) is 5.82 Å². The molecule has 0 fully saturated rings. The first kappa shape index (κ1) is 15.8. The fourth-order valence-corrected chi connectivity index (χ4v) is 3.42. The zero-order chi connectivity index (χ0) is 17.4. The number of carbonyl (C=O) groups excluding carboxylic acids is 1. The molecule has 0 bridgehead atoms. The molecule has 1 aromatic carbocycles. The number of aromatic nitrogens is 3. The first-order valence-corrected chi connectivity index (χ1v) is 8.48. The largest absolute Gasteiger partial charge is 0.495 e. The third kappa shape index (κ3) is 2.68. The van der Waals surface area contributed by atoms with E-state index in [0.29, 0.717) is 29.0 Å². The number of rotatable bonds is 2. The van der Waals surface area contributed by atoms with Gasteiger partial charge in [-0.2, -0.15) is 4.99 Å². The maximum absolute atomic E-state index is 12.4. The highest BCUT2D eigenvalue weighted by Crippen LogP contribution is 2.34. The zero-order valence-corrected chi connectivity index (χ0v) is 14.9. The summed E-state index contributed by atoms with van der Waals surface area (Å²) in [5.41, 5.74) is 1.47. The van der Waals surface area contributed by atoms with Gasteiger partial charge in [0.05, 0.1) is 22.7 Å². The average Bonchev–Trinajstić information content (AvgIpc) is 3.14. The smallest absolute Gasteiger partial charge is 0.281 e. The van der Waals surface area contributed by atoms with E-state index in [4.69, 9.17) is 4.74 Å². The Morgan fingerprint density at radius 2 is 2.28 bits per heavy atom. The van der Waals surface area contributed by atoms with Crippen molar-refractivity contribution < 1.29 is 9.53 Å². The van der Waals surface area contributed by atoms with Gasteiger partial charge in [0.15, 0.2) is 0 Å². The summed E-state index contributed by atoms with van der Waals surface area (Å²) in [6.07, 6.45) is 3.11. The van der Waals surface area contributed by atoms with E-state index in [1.54, 1.807) is 25.4 Å². The molecule has 0 saturated carbocycles. The molecule has 7 nitrogen and oxygen atoms in total. The number of nitrogens with one attached hydrogen (secondary N) is 1. The van der Waals surface area contributed by atoms with Gasteiger partial charge in [-0.1, -0.05) is 0 Å². The topological polar surface area (TPSA) is 81.4 Å². The van der Waals surface area contributed by atoms with Crippen LogP contribution in [0.5, 0.6) is 5.75 Å². The molecule has 0 unspecified atom stereocenters. The van der Waals surface area contributed by atoms with Gasteiger partial charge in [0.25, 0.3) is 5.91 Å². The number of hydrogen-bond acceptors (Lipinski definition) is 5. The minimum absolute atomic E-state index is 0.357. The molecule has 1 aliphatic heterocycles. The Balaban J connectivity index is 1.97.